The summed E-state index contributed by atoms with van der Waals surface area (Å²) in [5.74, 6) is 1.28. The van der Waals surface area contributed by atoms with Gasteiger partial charge in [-0.05, 0) is 30.0 Å². The number of oxazole rings is 1. The molecular weight excluding hydrogens is 228 g/mol. The van der Waals surface area contributed by atoms with Gasteiger partial charge in [-0.25, -0.2) is 4.98 Å². The highest BCUT2D eigenvalue weighted by atomic mass is 16.5. The van der Waals surface area contributed by atoms with E-state index in [1.165, 1.54) is 5.56 Å². The number of rotatable bonds is 5. The van der Waals surface area contributed by atoms with Crippen molar-refractivity contribution in [3.05, 3.63) is 23.6 Å². The number of methoxy groups -OCH3 is 1. The SMILES string of the molecule is COCCc1nc2cc(CC(C)C)cc(N)c2o1. The molecule has 2 rings (SSSR count). The molecule has 2 aromatic rings. The predicted octanol–water partition coefficient (Wildman–Crippen LogP) is 2.80. The van der Waals surface area contributed by atoms with Crippen LogP contribution in [0.5, 0.6) is 0 Å². The molecule has 0 bridgehead atoms. The molecule has 0 saturated carbocycles. The third-order valence-corrected chi connectivity index (χ3v) is 2.79. The van der Waals surface area contributed by atoms with Crippen molar-refractivity contribution in [2.45, 2.75) is 26.7 Å². The highest BCUT2D eigenvalue weighted by molar-refractivity contribution is 5.85. The van der Waals surface area contributed by atoms with Crippen molar-refractivity contribution < 1.29 is 9.15 Å². The van der Waals surface area contributed by atoms with Crippen LogP contribution >= 0.6 is 0 Å². The molecule has 0 saturated heterocycles. The van der Waals surface area contributed by atoms with Gasteiger partial charge in [0.1, 0.15) is 5.52 Å². The quantitative estimate of drug-likeness (QED) is 0.826. The van der Waals surface area contributed by atoms with E-state index >= 15 is 0 Å². The summed E-state index contributed by atoms with van der Waals surface area (Å²) in [4.78, 5) is 4.45. The average Bonchev–Trinajstić information content (AvgIpc) is 2.69. The second kappa shape index (κ2) is 5.40. The van der Waals surface area contributed by atoms with E-state index < -0.39 is 0 Å². The van der Waals surface area contributed by atoms with Gasteiger partial charge in [0.15, 0.2) is 11.5 Å². The Kier molecular flexibility index (Phi) is 3.87. The average molecular weight is 248 g/mol. The highest BCUT2D eigenvalue weighted by Crippen LogP contribution is 2.25. The molecule has 1 aromatic heterocycles. The summed E-state index contributed by atoms with van der Waals surface area (Å²) in [6.45, 7) is 4.98. The first kappa shape index (κ1) is 12.9. The zero-order chi connectivity index (χ0) is 13.1. The van der Waals surface area contributed by atoms with Gasteiger partial charge in [-0.3, -0.25) is 0 Å². The highest BCUT2D eigenvalue weighted by Gasteiger charge is 2.10. The fourth-order valence-electron chi connectivity index (χ4n) is 2.05. The minimum atomic E-state index is 0.599. The van der Waals surface area contributed by atoms with E-state index in [0.29, 0.717) is 36.1 Å². The Morgan fingerprint density at radius 3 is 2.83 bits per heavy atom. The van der Waals surface area contributed by atoms with E-state index in [4.69, 9.17) is 14.9 Å². The maximum Gasteiger partial charge on any atom is 0.197 e. The number of anilines is 1. The molecule has 1 heterocycles. The smallest absolute Gasteiger partial charge is 0.197 e. The molecule has 4 heteroatoms. The molecule has 0 spiro atoms. The summed E-state index contributed by atoms with van der Waals surface area (Å²) >= 11 is 0. The second-order valence-corrected chi connectivity index (χ2v) is 4.98. The fourth-order valence-corrected chi connectivity index (χ4v) is 2.05. The van der Waals surface area contributed by atoms with Gasteiger partial charge in [0.25, 0.3) is 0 Å². The van der Waals surface area contributed by atoms with E-state index in [-0.39, 0.29) is 0 Å². The van der Waals surface area contributed by atoms with Gasteiger partial charge in [0.2, 0.25) is 0 Å². The van der Waals surface area contributed by atoms with Crippen LogP contribution in [0.15, 0.2) is 16.5 Å². The van der Waals surface area contributed by atoms with Crippen molar-refractivity contribution in [2.75, 3.05) is 19.5 Å². The Labute approximate surface area is 107 Å². The monoisotopic (exact) mass is 248 g/mol. The van der Waals surface area contributed by atoms with Gasteiger partial charge in [-0.15, -0.1) is 0 Å². The largest absolute Gasteiger partial charge is 0.438 e. The zero-order valence-electron chi connectivity index (χ0n) is 11.2. The van der Waals surface area contributed by atoms with Gasteiger partial charge in [-0.1, -0.05) is 13.8 Å². The van der Waals surface area contributed by atoms with Gasteiger partial charge in [0, 0.05) is 13.5 Å². The number of nitrogens with zero attached hydrogens (tertiary/aromatic N) is 1. The number of fused-ring (bicyclic) bond motifs is 1. The molecule has 0 unspecified atom stereocenters. The number of hydrogen-bond acceptors (Lipinski definition) is 4. The summed E-state index contributed by atoms with van der Waals surface area (Å²) in [6.07, 6.45) is 1.67. The van der Waals surface area contributed by atoms with Crippen molar-refractivity contribution in [3.8, 4) is 0 Å². The number of nitrogens with two attached hydrogens (primary N) is 1. The molecule has 0 aliphatic carbocycles. The van der Waals surface area contributed by atoms with E-state index in [1.54, 1.807) is 7.11 Å². The van der Waals surface area contributed by atoms with Crippen LogP contribution in [0.2, 0.25) is 0 Å². The van der Waals surface area contributed by atoms with Crippen LogP contribution in [0.1, 0.15) is 25.3 Å². The first-order valence-electron chi connectivity index (χ1n) is 6.27. The van der Waals surface area contributed by atoms with Crippen LogP contribution < -0.4 is 5.73 Å². The molecule has 0 aliphatic rings. The van der Waals surface area contributed by atoms with Crippen molar-refractivity contribution >= 4 is 16.8 Å². The normalized spacial score (nSPS) is 11.6. The van der Waals surface area contributed by atoms with Gasteiger partial charge < -0.3 is 14.9 Å². The first-order valence-corrected chi connectivity index (χ1v) is 6.27. The van der Waals surface area contributed by atoms with Crippen molar-refractivity contribution in [3.63, 3.8) is 0 Å². The molecule has 0 radical (unpaired) electrons. The van der Waals surface area contributed by atoms with Crippen molar-refractivity contribution in [1.29, 1.82) is 0 Å². The first-order chi connectivity index (χ1) is 8.60. The molecule has 0 fully saturated rings. The van der Waals surface area contributed by atoms with E-state index in [1.807, 2.05) is 6.07 Å². The molecule has 2 N–H and O–H groups in total. The van der Waals surface area contributed by atoms with Crippen LogP contribution in [0.25, 0.3) is 11.1 Å². The Morgan fingerprint density at radius 1 is 1.39 bits per heavy atom. The number of benzene rings is 1. The Morgan fingerprint density at radius 2 is 2.17 bits per heavy atom. The topological polar surface area (TPSA) is 61.3 Å². The number of hydrogen-bond donors (Lipinski definition) is 1. The third kappa shape index (κ3) is 2.82. The zero-order valence-corrected chi connectivity index (χ0v) is 11.2. The number of aromatic nitrogens is 1. The lowest BCUT2D eigenvalue weighted by atomic mass is 10.0. The van der Waals surface area contributed by atoms with Crippen molar-refractivity contribution in [2.24, 2.45) is 5.92 Å². The minimum Gasteiger partial charge on any atom is -0.438 e. The molecule has 0 aliphatic heterocycles. The molecular formula is C14H20N2O2. The van der Waals surface area contributed by atoms with Gasteiger partial charge >= 0.3 is 0 Å². The predicted molar refractivity (Wildman–Crippen MR) is 72.5 cm³/mol. The lowest BCUT2D eigenvalue weighted by molar-refractivity contribution is 0.196. The summed E-state index contributed by atoms with van der Waals surface area (Å²) < 4.78 is 10.7. The van der Waals surface area contributed by atoms with E-state index in [0.717, 1.165) is 11.9 Å². The fraction of sp³-hybridized carbons (Fsp3) is 0.500. The summed E-state index contributed by atoms with van der Waals surface area (Å²) in [5.41, 5.74) is 9.42. The maximum atomic E-state index is 6.01. The van der Waals surface area contributed by atoms with Crippen LogP contribution in [0, 0.1) is 5.92 Å². The molecule has 4 nitrogen and oxygen atoms in total. The van der Waals surface area contributed by atoms with Crippen LogP contribution in [-0.2, 0) is 17.6 Å². The third-order valence-electron chi connectivity index (χ3n) is 2.79. The lowest BCUT2D eigenvalue weighted by Gasteiger charge is -2.05. The Hall–Kier alpha value is -1.55. The molecule has 1 aromatic carbocycles. The van der Waals surface area contributed by atoms with E-state index in [2.05, 4.69) is 24.9 Å². The number of nitrogen functional groups attached to an aromatic ring is 1. The summed E-state index contributed by atoms with van der Waals surface area (Å²) in [5, 5.41) is 0. The van der Waals surface area contributed by atoms with Crippen LogP contribution in [-0.4, -0.2) is 18.7 Å². The molecule has 98 valence electrons. The summed E-state index contributed by atoms with van der Waals surface area (Å²) in [7, 11) is 1.66. The van der Waals surface area contributed by atoms with Crippen LogP contribution in [0.4, 0.5) is 5.69 Å². The standard InChI is InChI=1S/C14H20N2O2/c1-9(2)6-10-7-11(15)14-12(8-10)16-13(18-14)4-5-17-3/h7-9H,4-6,15H2,1-3H3. The van der Waals surface area contributed by atoms with Gasteiger partial charge in [0.05, 0.1) is 12.3 Å². The lowest BCUT2D eigenvalue weighted by Crippen LogP contribution is -1.96. The molecule has 0 atom stereocenters. The molecule has 0 amide bonds. The maximum absolute atomic E-state index is 6.01. The molecule has 18 heavy (non-hydrogen) atoms. The Bertz CT molecular complexity index is 532. The van der Waals surface area contributed by atoms with Crippen LogP contribution in [0.3, 0.4) is 0 Å². The summed E-state index contributed by atoms with van der Waals surface area (Å²) in [6, 6.07) is 4.04. The minimum absolute atomic E-state index is 0.599. The number of ether oxygens (including phenoxy) is 1. The van der Waals surface area contributed by atoms with Crippen molar-refractivity contribution in [1.82, 2.24) is 4.98 Å². The van der Waals surface area contributed by atoms with E-state index in [9.17, 15) is 0 Å². The van der Waals surface area contributed by atoms with Gasteiger partial charge in [-0.2, -0.15) is 0 Å². The Balaban J connectivity index is 2.33. The second-order valence-electron chi connectivity index (χ2n) is 4.98.